The number of pyridine rings is 1. The van der Waals surface area contributed by atoms with Gasteiger partial charge in [-0.15, -0.1) is 11.3 Å². The number of rotatable bonds is 6. The monoisotopic (exact) mass is 520 g/mol. The smallest absolute Gasteiger partial charge is 0.273 e. The number of aromatic nitrogens is 3. The summed E-state index contributed by atoms with van der Waals surface area (Å²) in [6.45, 7) is 4.74. The van der Waals surface area contributed by atoms with Crippen LogP contribution in [0.5, 0.6) is 0 Å². The molecule has 4 N–H and O–H groups in total. The number of primary amides is 1. The number of aliphatic hydroxyl groups is 1. The molecule has 1 aliphatic heterocycles. The molecule has 11 heteroatoms. The van der Waals surface area contributed by atoms with Gasteiger partial charge in [0.25, 0.3) is 11.8 Å². The Labute approximate surface area is 216 Å². The lowest BCUT2D eigenvalue weighted by Gasteiger charge is -2.27. The first kappa shape index (κ1) is 24.6. The summed E-state index contributed by atoms with van der Waals surface area (Å²) in [7, 11) is 0. The number of anilines is 2. The molecule has 3 aromatic heterocycles. The van der Waals surface area contributed by atoms with Gasteiger partial charge in [0, 0.05) is 35.9 Å². The Hall–Kier alpha value is -4.09. The van der Waals surface area contributed by atoms with Gasteiger partial charge in [-0.3, -0.25) is 9.59 Å². The summed E-state index contributed by atoms with van der Waals surface area (Å²) in [5, 5.41) is 13.6. The SMILES string of the molecule is CC(C)(O)c1ccc(-c2cc(C(N)=O)c(Nc3cccc(C(=O)N4CCn5ccnc5C4)n3)s2)c(F)c1. The Bertz CT molecular complexity index is 1510. The highest BCUT2D eigenvalue weighted by Gasteiger charge is 2.24. The van der Waals surface area contributed by atoms with Gasteiger partial charge in [-0.05, 0) is 43.7 Å². The van der Waals surface area contributed by atoms with E-state index in [9.17, 15) is 19.1 Å². The minimum absolute atomic E-state index is 0.173. The van der Waals surface area contributed by atoms with Crippen molar-refractivity contribution in [1.29, 1.82) is 0 Å². The highest BCUT2D eigenvalue weighted by atomic mass is 32.1. The summed E-state index contributed by atoms with van der Waals surface area (Å²) in [4.78, 5) is 36.2. The molecule has 4 heterocycles. The fraction of sp³-hybridized carbons (Fsp3) is 0.231. The Kier molecular flexibility index (Phi) is 6.26. The van der Waals surface area contributed by atoms with Gasteiger partial charge >= 0.3 is 0 Å². The maximum Gasteiger partial charge on any atom is 0.273 e. The first-order valence-corrected chi connectivity index (χ1v) is 12.4. The molecule has 0 saturated heterocycles. The Morgan fingerprint density at radius 1 is 1.19 bits per heavy atom. The van der Waals surface area contributed by atoms with Crippen LogP contribution in [0.1, 0.15) is 46.1 Å². The zero-order valence-electron chi connectivity index (χ0n) is 20.2. The molecule has 4 aromatic rings. The molecule has 0 bridgehead atoms. The first-order valence-electron chi connectivity index (χ1n) is 11.6. The number of carbonyl (C=O) groups excluding carboxylic acids is 2. The lowest BCUT2D eigenvalue weighted by atomic mass is 9.96. The molecule has 0 spiro atoms. The molecule has 0 radical (unpaired) electrons. The summed E-state index contributed by atoms with van der Waals surface area (Å²) < 4.78 is 16.9. The van der Waals surface area contributed by atoms with Crippen LogP contribution in [0, 0.1) is 5.82 Å². The van der Waals surface area contributed by atoms with E-state index >= 15 is 0 Å². The van der Waals surface area contributed by atoms with Gasteiger partial charge in [-0.1, -0.05) is 18.2 Å². The molecule has 2 amide bonds. The third kappa shape index (κ3) is 4.95. The standard InChI is InChI=1S/C26H25FN6O3S/c1-26(2,36)15-6-7-16(18(27)12-15)20-13-17(23(28)34)24(37-20)31-21-5-3-4-19(30-21)25(35)33-11-10-32-9-8-29-22(32)14-33/h3-9,12-13,36H,10-11,14H2,1-2H3,(H2,28,34)(H,30,31). The summed E-state index contributed by atoms with van der Waals surface area (Å²) in [5.41, 5.74) is 5.53. The third-order valence-corrected chi connectivity index (χ3v) is 7.26. The van der Waals surface area contributed by atoms with Crippen molar-refractivity contribution in [3.05, 3.63) is 83.3 Å². The third-order valence-electron chi connectivity index (χ3n) is 6.18. The fourth-order valence-electron chi connectivity index (χ4n) is 4.14. The molecule has 1 aromatic carbocycles. The van der Waals surface area contributed by atoms with Crippen molar-refractivity contribution in [2.75, 3.05) is 11.9 Å². The van der Waals surface area contributed by atoms with E-state index in [0.29, 0.717) is 40.9 Å². The van der Waals surface area contributed by atoms with E-state index < -0.39 is 17.3 Å². The summed E-state index contributed by atoms with van der Waals surface area (Å²) in [6, 6.07) is 11.0. The highest BCUT2D eigenvalue weighted by molar-refractivity contribution is 7.20. The van der Waals surface area contributed by atoms with Gasteiger partial charge in [0.2, 0.25) is 0 Å². The van der Waals surface area contributed by atoms with Gasteiger partial charge in [0.1, 0.15) is 28.2 Å². The number of imidazole rings is 1. The van der Waals surface area contributed by atoms with Crippen molar-refractivity contribution < 1.29 is 19.1 Å². The molecule has 5 rings (SSSR count). The van der Waals surface area contributed by atoms with Gasteiger partial charge in [0.15, 0.2) is 0 Å². The van der Waals surface area contributed by atoms with Crippen LogP contribution in [-0.2, 0) is 18.7 Å². The predicted octanol–water partition coefficient (Wildman–Crippen LogP) is 3.87. The second-order valence-corrected chi connectivity index (χ2v) is 10.3. The molecule has 0 unspecified atom stereocenters. The van der Waals surface area contributed by atoms with Crippen molar-refractivity contribution in [3.8, 4) is 10.4 Å². The maximum absolute atomic E-state index is 14.9. The van der Waals surface area contributed by atoms with Crippen molar-refractivity contribution in [3.63, 3.8) is 0 Å². The van der Waals surface area contributed by atoms with Crippen LogP contribution in [-0.4, -0.2) is 42.9 Å². The number of nitrogens with zero attached hydrogens (tertiary/aromatic N) is 4. The molecule has 0 fully saturated rings. The lowest BCUT2D eigenvalue weighted by molar-refractivity contribution is 0.0701. The van der Waals surface area contributed by atoms with Crippen LogP contribution in [0.2, 0.25) is 0 Å². The number of hydrogen-bond acceptors (Lipinski definition) is 7. The van der Waals surface area contributed by atoms with Crippen LogP contribution in [0.4, 0.5) is 15.2 Å². The average molecular weight is 521 g/mol. The lowest BCUT2D eigenvalue weighted by Crippen LogP contribution is -2.38. The van der Waals surface area contributed by atoms with Crippen molar-refractivity contribution in [2.45, 2.75) is 32.5 Å². The summed E-state index contributed by atoms with van der Waals surface area (Å²) in [5.74, 6) is -0.285. The normalized spacial score (nSPS) is 13.4. The fourth-order valence-corrected chi connectivity index (χ4v) is 5.24. The van der Waals surface area contributed by atoms with Crippen LogP contribution in [0.3, 0.4) is 0 Å². The maximum atomic E-state index is 14.9. The van der Waals surface area contributed by atoms with Gasteiger partial charge in [-0.25, -0.2) is 14.4 Å². The molecule has 190 valence electrons. The van der Waals surface area contributed by atoms with Crippen LogP contribution < -0.4 is 11.1 Å². The molecule has 37 heavy (non-hydrogen) atoms. The quantitative estimate of drug-likeness (QED) is 0.354. The van der Waals surface area contributed by atoms with Gasteiger partial charge in [0.05, 0.1) is 17.7 Å². The van der Waals surface area contributed by atoms with E-state index in [1.807, 2.05) is 10.8 Å². The number of thiophene rings is 1. The van der Waals surface area contributed by atoms with E-state index in [4.69, 9.17) is 5.73 Å². The minimum Gasteiger partial charge on any atom is -0.386 e. The molecule has 9 nitrogen and oxygen atoms in total. The van der Waals surface area contributed by atoms with E-state index in [1.54, 1.807) is 55.3 Å². The Morgan fingerprint density at radius 3 is 2.73 bits per heavy atom. The molecule has 0 aliphatic carbocycles. The number of amides is 2. The first-order chi connectivity index (χ1) is 17.6. The number of benzene rings is 1. The van der Waals surface area contributed by atoms with E-state index in [1.165, 1.54) is 12.1 Å². The second-order valence-electron chi connectivity index (χ2n) is 9.27. The molecular formula is C26H25FN6O3S. The largest absolute Gasteiger partial charge is 0.386 e. The number of nitrogens with one attached hydrogen (secondary N) is 1. The molecular weight excluding hydrogens is 495 g/mol. The van der Waals surface area contributed by atoms with Crippen molar-refractivity contribution in [1.82, 2.24) is 19.4 Å². The summed E-state index contributed by atoms with van der Waals surface area (Å²) in [6.07, 6.45) is 3.60. The predicted molar refractivity (Wildman–Crippen MR) is 138 cm³/mol. The van der Waals surface area contributed by atoms with E-state index in [-0.39, 0.29) is 22.7 Å². The van der Waals surface area contributed by atoms with Gasteiger partial charge in [-0.2, -0.15) is 0 Å². The van der Waals surface area contributed by atoms with Crippen LogP contribution in [0.25, 0.3) is 10.4 Å². The minimum atomic E-state index is -1.19. The number of nitrogens with two attached hydrogens (primary N) is 1. The highest BCUT2D eigenvalue weighted by Crippen LogP contribution is 2.38. The summed E-state index contributed by atoms with van der Waals surface area (Å²) >= 11 is 1.14. The van der Waals surface area contributed by atoms with Crippen molar-refractivity contribution >= 4 is 34.0 Å². The zero-order valence-corrected chi connectivity index (χ0v) is 21.1. The molecule has 1 aliphatic rings. The topological polar surface area (TPSA) is 126 Å². The Balaban J connectivity index is 1.40. The zero-order chi connectivity index (χ0) is 26.3. The second kappa shape index (κ2) is 9.41. The van der Waals surface area contributed by atoms with Gasteiger partial charge < -0.3 is 25.6 Å². The number of carbonyl (C=O) groups is 2. The van der Waals surface area contributed by atoms with Crippen molar-refractivity contribution in [2.24, 2.45) is 5.73 Å². The number of hydrogen-bond donors (Lipinski definition) is 3. The van der Waals surface area contributed by atoms with E-state index in [0.717, 1.165) is 17.2 Å². The van der Waals surface area contributed by atoms with E-state index in [2.05, 4.69) is 15.3 Å². The Morgan fingerprint density at radius 2 is 2.00 bits per heavy atom. The number of fused-ring (bicyclic) bond motifs is 1. The average Bonchev–Trinajstić information content (AvgIpc) is 3.50. The van der Waals surface area contributed by atoms with Crippen LogP contribution in [0.15, 0.2) is 54.9 Å². The molecule has 0 atom stereocenters. The number of halogens is 1. The van der Waals surface area contributed by atoms with Crippen LogP contribution >= 0.6 is 11.3 Å². The molecule has 0 saturated carbocycles.